The fourth-order valence-electron chi connectivity index (χ4n) is 2.00. The zero-order chi connectivity index (χ0) is 19.1. The zero-order valence-electron chi connectivity index (χ0n) is 14.2. The Morgan fingerprint density at radius 3 is 2.89 bits per heavy atom. The molecule has 0 bridgehead atoms. The molecule has 1 aliphatic rings. The molecule has 27 heavy (non-hydrogen) atoms. The number of para-hydroxylation sites is 1. The number of pyridine rings is 1. The van der Waals surface area contributed by atoms with E-state index in [4.69, 9.17) is 4.74 Å². The lowest BCUT2D eigenvalue weighted by atomic mass is 10.2. The maximum atomic E-state index is 11.8. The molecule has 9 heteroatoms. The van der Waals surface area contributed by atoms with Crippen LogP contribution in [0, 0.1) is 0 Å². The fraction of sp³-hybridized carbons (Fsp3) is 0.0556. The van der Waals surface area contributed by atoms with Gasteiger partial charge < -0.3 is 9.47 Å². The number of hydrogen-bond acceptors (Lipinski definition) is 8. The Balaban J connectivity index is 1.72. The van der Waals surface area contributed by atoms with Crippen LogP contribution in [0.3, 0.4) is 0 Å². The van der Waals surface area contributed by atoms with Gasteiger partial charge in [-0.2, -0.15) is 5.10 Å². The normalized spacial score (nSPS) is 16.7. The maximum Gasteiger partial charge on any atom is 0.331 e. The van der Waals surface area contributed by atoms with Crippen LogP contribution in [-0.2, 0) is 14.3 Å². The molecule has 1 aliphatic heterocycles. The van der Waals surface area contributed by atoms with E-state index in [1.807, 2.05) is 18.2 Å². The summed E-state index contributed by atoms with van der Waals surface area (Å²) in [5, 5.41) is 10.7. The van der Waals surface area contributed by atoms with Crippen LogP contribution in [0.1, 0.15) is 5.56 Å². The molecule has 0 aliphatic carbocycles. The Labute approximate surface area is 159 Å². The fourth-order valence-corrected chi connectivity index (χ4v) is 2.74. The van der Waals surface area contributed by atoms with Gasteiger partial charge in [-0.1, -0.05) is 12.1 Å². The van der Waals surface area contributed by atoms with Crippen molar-refractivity contribution in [2.75, 3.05) is 7.11 Å². The van der Waals surface area contributed by atoms with Gasteiger partial charge in [0.1, 0.15) is 11.5 Å². The summed E-state index contributed by atoms with van der Waals surface area (Å²) in [6.07, 6.45) is 5.87. The van der Waals surface area contributed by atoms with E-state index in [1.54, 1.807) is 30.6 Å². The van der Waals surface area contributed by atoms with E-state index in [0.717, 1.165) is 17.8 Å². The summed E-state index contributed by atoms with van der Waals surface area (Å²) in [5.74, 6) is 0.142. The van der Waals surface area contributed by atoms with Gasteiger partial charge in [-0.05, 0) is 36.0 Å². The standard InChI is InChI=1S/C18H14N4O4S/c1-25-16(23)9-15-17(24)21-18(27-15)22-20-10-12-5-2-3-7-14(12)26-13-6-4-8-19-11-13/h2-11H,1H3,(H,21,22,24)/b15-9+,20-10?. The molecule has 0 atom stereocenters. The van der Waals surface area contributed by atoms with Gasteiger partial charge in [0.05, 0.1) is 24.4 Å². The third-order valence-electron chi connectivity index (χ3n) is 3.23. The summed E-state index contributed by atoms with van der Waals surface area (Å²) < 4.78 is 10.3. The Kier molecular flexibility index (Phi) is 5.95. The molecule has 0 radical (unpaired) electrons. The van der Waals surface area contributed by atoms with Gasteiger partial charge in [0.25, 0.3) is 5.91 Å². The third kappa shape index (κ3) is 5.02. The highest BCUT2D eigenvalue weighted by Gasteiger charge is 2.25. The first-order valence-electron chi connectivity index (χ1n) is 7.72. The highest BCUT2D eigenvalue weighted by Crippen LogP contribution is 2.25. The number of carbonyl (C=O) groups is 2. The molecule has 0 saturated carbocycles. The molecule has 3 rings (SSSR count). The SMILES string of the molecule is COC(=O)/C=C1/S/C(=N\N=Cc2ccccc2Oc2cccnc2)NC1=O. The van der Waals surface area contributed by atoms with Crippen LogP contribution in [0.25, 0.3) is 0 Å². The quantitative estimate of drug-likeness (QED) is 0.369. The van der Waals surface area contributed by atoms with Crippen LogP contribution in [0.2, 0.25) is 0 Å². The predicted octanol–water partition coefficient (Wildman–Crippen LogP) is 2.48. The first kappa shape index (κ1) is 18.3. The topological polar surface area (TPSA) is 102 Å². The predicted molar refractivity (Wildman–Crippen MR) is 102 cm³/mol. The van der Waals surface area contributed by atoms with Crippen LogP contribution in [0.4, 0.5) is 0 Å². The molecular formula is C18H14N4O4S. The van der Waals surface area contributed by atoms with Crippen molar-refractivity contribution in [3.8, 4) is 11.5 Å². The van der Waals surface area contributed by atoms with Crippen molar-refractivity contribution in [3.05, 3.63) is 65.3 Å². The number of amidine groups is 1. The second-order valence-corrected chi connectivity index (χ2v) is 6.10. The van der Waals surface area contributed by atoms with Crippen molar-refractivity contribution in [3.63, 3.8) is 0 Å². The van der Waals surface area contributed by atoms with E-state index in [2.05, 4.69) is 25.2 Å². The second kappa shape index (κ2) is 8.77. The Morgan fingerprint density at radius 2 is 2.11 bits per heavy atom. The van der Waals surface area contributed by atoms with E-state index >= 15 is 0 Å². The average Bonchev–Trinajstić information content (AvgIpc) is 3.03. The molecular weight excluding hydrogens is 368 g/mol. The number of rotatable bonds is 5. The minimum absolute atomic E-state index is 0.191. The van der Waals surface area contributed by atoms with Gasteiger partial charge >= 0.3 is 5.97 Å². The number of ether oxygens (including phenoxy) is 2. The van der Waals surface area contributed by atoms with Crippen molar-refractivity contribution in [2.45, 2.75) is 0 Å². The van der Waals surface area contributed by atoms with Crippen LogP contribution in [-0.4, -0.2) is 35.4 Å². The van der Waals surface area contributed by atoms with E-state index < -0.39 is 11.9 Å². The lowest BCUT2D eigenvalue weighted by molar-refractivity contribution is -0.135. The van der Waals surface area contributed by atoms with Crippen LogP contribution in [0.5, 0.6) is 11.5 Å². The Hall–Kier alpha value is -3.46. The average molecular weight is 382 g/mol. The van der Waals surface area contributed by atoms with E-state index in [-0.39, 0.29) is 10.1 Å². The Bertz CT molecular complexity index is 941. The molecule has 2 heterocycles. The molecule has 0 unspecified atom stereocenters. The minimum atomic E-state index is -0.612. The Morgan fingerprint density at radius 1 is 1.26 bits per heavy atom. The summed E-state index contributed by atoms with van der Waals surface area (Å²) in [5.41, 5.74) is 0.699. The highest BCUT2D eigenvalue weighted by molar-refractivity contribution is 8.18. The largest absolute Gasteiger partial charge is 0.466 e. The number of nitrogens with zero attached hydrogens (tertiary/aromatic N) is 3. The van der Waals surface area contributed by atoms with E-state index in [1.165, 1.54) is 13.3 Å². The summed E-state index contributed by atoms with van der Waals surface area (Å²) >= 11 is 1.00. The monoisotopic (exact) mass is 382 g/mol. The second-order valence-electron chi connectivity index (χ2n) is 5.07. The van der Waals surface area contributed by atoms with Crippen LogP contribution < -0.4 is 10.1 Å². The number of amides is 1. The molecule has 2 aromatic rings. The van der Waals surface area contributed by atoms with Gasteiger partial charge in [-0.15, -0.1) is 5.10 Å². The summed E-state index contributed by atoms with van der Waals surface area (Å²) in [6, 6.07) is 10.9. The number of benzene rings is 1. The molecule has 136 valence electrons. The summed E-state index contributed by atoms with van der Waals surface area (Å²) in [4.78, 5) is 27.2. The minimum Gasteiger partial charge on any atom is -0.466 e. The van der Waals surface area contributed by atoms with Crippen LogP contribution in [0.15, 0.2) is 70.0 Å². The van der Waals surface area contributed by atoms with Crippen molar-refractivity contribution < 1.29 is 19.1 Å². The number of methoxy groups -OCH3 is 1. The van der Waals surface area contributed by atoms with Gasteiger partial charge in [-0.3, -0.25) is 15.1 Å². The number of aromatic nitrogens is 1. The molecule has 1 saturated heterocycles. The molecule has 1 amide bonds. The molecule has 0 spiro atoms. The molecule has 8 nitrogen and oxygen atoms in total. The van der Waals surface area contributed by atoms with E-state index in [9.17, 15) is 9.59 Å². The van der Waals surface area contributed by atoms with E-state index in [0.29, 0.717) is 17.1 Å². The smallest absolute Gasteiger partial charge is 0.331 e. The number of nitrogens with one attached hydrogen (secondary N) is 1. The van der Waals surface area contributed by atoms with Gasteiger partial charge in [0.15, 0.2) is 5.17 Å². The number of esters is 1. The van der Waals surface area contributed by atoms with Gasteiger partial charge in [0.2, 0.25) is 0 Å². The number of hydrogen-bond donors (Lipinski definition) is 1. The third-order valence-corrected chi connectivity index (χ3v) is 4.13. The first-order valence-corrected chi connectivity index (χ1v) is 8.54. The molecule has 1 N–H and O–H groups in total. The van der Waals surface area contributed by atoms with Crippen molar-refractivity contribution >= 4 is 35.0 Å². The molecule has 1 aromatic heterocycles. The number of carbonyl (C=O) groups excluding carboxylic acids is 2. The zero-order valence-corrected chi connectivity index (χ0v) is 15.0. The highest BCUT2D eigenvalue weighted by atomic mass is 32.2. The van der Waals surface area contributed by atoms with Gasteiger partial charge in [0, 0.05) is 17.8 Å². The molecule has 1 aromatic carbocycles. The summed E-state index contributed by atoms with van der Waals surface area (Å²) in [7, 11) is 1.24. The van der Waals surface area contributed by atoms with Crippen molar-refractivity contribution in [1.29, 1.82) is 0 Å². The van der Waals surface area contributed by atoms with Gasteiger partial charge in [-0.25, -0.2) is 4.79 Å². The summed E-state index contributed by atoms with van der Waals surface area (Å²) in [6.45, 7) is 0. The first-order chi connectivity index (χ1) is 13.2. The lowest BCUT2D eigenvalue weighted by Crippen LogP contribution is -2.19. The maximum absolute atomic E-state index is 11.8. The van der Waals surface area contributed by atoms with Crippen LogP contribution >= 0.6 is 11.8 Å². The van der Waals surface area contributed by atoms with Crippen molar-refractivity contribution in [1.82, 2.24) is 10.3 Å². The van der Waals surface area contributed by atoms with Crippen molar-refractivity contribution in [2.24, 2.45) is 10.2 Å². The molecule has 1 fully saturated rings. The number of thioether (sulfide) groups is 1. The lowest BCUT2D eigenvalue weighted by Gasteiger charge is -2.07.